The molecule has 0 aliphatic carbocycles. The second-order valence-electron chi connectivity index (χ2n) is 1.50. The molecule has 11 heavy (non-hydrogen) atoms. The number of hydrogen-bond acceptors (Lipinski definition) is 3. The second-order valence-corrected chi connectivity index (χ2v) is 2.03. The van der Waals surface area contributed by atoms with Crippen molar-refractivity contribution in [2.24, 2.45) is 5.84 Å². The van der Waals surface area contributed by atoms with Crippen molar-refractivity contribution in [3.8, 4) is 0 Å². The van der Waals surface area contributed by atoms with Crippen LogP contribution in [0.25, 0.3) is 0 Å². The van der Waals surface area contributed by atoms with Crippen LogP contribution in [0.1, 0.15) is 0 Å². The molecule has 0 bridgehead atoms. The number of nitrogen functional groups attached to an aromatic ring is 1. The summed E-state index contributed by atoms with van der Waals surface area (Å²) < 4.78 is 15.8. The number of hydrogen-bond donors (Lipinski definition) is 3. The molecule has 0 fully saturated rings. The third kappa shape index (κ3) is 5.85. The molecule has 0 aliphatic rings. The summed E-state index contributed by atoms with van der Waals surface area (Å²) in [6, 6.07) is 10.3. The fraction of sp³-hybridized carbons (Fsp3) is 0. The van der Waals surface area contributed by atoms with Crippen molar-refractivity contribution in [3.63, 3.8) is 0 Å². The van der Waals surface area contributed by atoms with E-state index in [2.05, 4.69) is 11.5 Å². The van der Waals surface area contributed by atoms with Gasteiger partial charge in [-0.25, -0.2) is 0 Å². The van der Waals surface area contributed by atoms with Crippen LogP contribution in [0.15, 0.2) is 24.3 Å². The van der Waals surface area contributed by atoms with Crippen molar-refractivity contribution >= 4 is 5.69 Å². The van der Waals surface area contributed by atoms with Gasteiger partial charge in [-0.3, -0.25) is 5.84 Å². The molecule has 4 N–H and O–H groups in total. The molecular formula is C6H8N2O2W-. The first-order chi connectivity index (χ1) is 5.35. The van der Waals surface area contributed by atoms with Gasteiger partial charge in [-0.15, -0.1) is 6.07 Å². The molecule has 4 nitrogen and oxygen atoms in total. The number of rotatable bonds is 1. The number of benzene rings is 1. The Morgan fingerprint density at radius 2 is 2.27 bits per heavy atom. The van der Waals surface area contributed by atoms with Crippen LogP contribution in [0.5, 0.6) is 0 Å². The van der Waals surface area contributed by atoms with Crippen LogP contribution in [0.2, 0.25) is 0 Å². The van der Waals surface area contributed by atoms with Gasteiger partial charge in [0.25, 0.3) is 0 Å². The van der Waals surface area contributed by atoms with Crippen LogP contribution in [0.3, 0.4) is 0 Å². The molecule has 0 aliphatic heterocycles. The number of nitrogens with two attached hydrogens (primary N) is 1. The van der Waals surface area contributed by atoms with Crippen molar-refractivity contribution in [2.45, 2.75) is 0 Å². The van der Waals surface area contributed by atoms with E-state index >= 15 is 0 Å². The number of hydrazine groups is 1. The molecule has 61 valence electrons. The first-order valence-corrected chi connectivity index (χ1v) is 5.22. The van der Waals surface area contributed by atoms with Gasteiger partial charge < -0.3 is 5.43 Å². The fourth-order valence-corrected chi connectivity index (χ4v) is 0.483. The molecule has 0 aromatic heterocycles. The van der Waals surface area contributed by atoms with E-state index in [1.54, 1.807) is 6.07 Å². The first-order valence-electron chi connectivity index (χ1n) is 2.72. The Bertz CT molecular complexity index is 193. The van der Waals surface area contributed by atoms with Crippen LogP contribution >= 0.6 is 0 Å². The average molecular weight is 324 g/mol. The topological polar surface area (TPSA) is 75.3 Å². The minimum atomic E-state index is -2.00. The molecule has 1 aromatic carbocycles. The van der Waals surface area contributed by atoms with E-state index in [1.807, 2.05) is 18.2 Å². The van der Waals surface area contributed by atoms with Crippen molar-refractivity contribution in [2.75, 3.05) is 5.43 Å². The van der Waals surface area contributed by atoms with Gasteiger partial charge in [0.05, 0.1) is 0 Å². The quantitative estimate of drug-likeness (QED) is 0.389. The first kappa shape index (κ1) is 10.4. The average Bonchev–Trinajstić information content (AvgIpc) is 2.08. The molecule has 0 saturated heterocycles. The van der Waals surface area contributed by atoms with Crippen LogP contribution in [0.4, 0.5) is 5.69 Å². The van der Waals surface area contributed by atoms with E-state index < -0.39 is 18.9 Å². The van der Waals surface area contributed by atoms with Crippen LogP contribution in [-0.4, -0.2) is 3.76 Å². The Balaban J connectivity index is 0.000000292. The van der Waals surface area contributed by atoms with Gasteiger partial charge in [-0.2, -0.15) is 24.3 Å². The summed E-state index contributed by atoms with van der Waals surface area (Å²) in [5.41, 5.74) is 3.28. The Morgan fingerprint density at radius 1 is 1.64 bits per heavy atom. The van der Waals surface area contributed by atoms with Crippen LogP contribution in [-0.2, 0) is 22.3 Å². The van der Waals surface area contributed by atoms with E-state index in [9.17, 15) is 0 Å². The molecule has 0 unspecified atom stereocenters. The summed E-state index contributed by atoms with van der Waals surface area (Å²) in [6.07, 6.45) is 0. The maximum atomic E-state index is 8.65. The zero-order valence-electron chi connectivity index (χ0n) is 5.65. The number of anilines is 1. The van der Waals surface area contributed by atoms with Gasteiger partial charge in [0.2, 0.25) is 0 Å². The van der Waals surface area contributed by atoms with Gasteiger partial charge in [0.1, 0.15) is 0 Å². The van der Waals surface area contributed by atoms with E-state index in [-0.39, 0.29) is 0 Å². The molecule has 1 aromatic rings. The standard InChI is InChI=1S/C6H7N2.H2O.O.W/c7-8-6-4-2-1-3-5-6;;;/h1-4,8H,7H2;1H2;;/q-1;;;+1/p-1. The zero-order chi connectivity index (χ0) is 8.53. The molecule has 0 amide bonds. The SMILES string of the molecule is NNc1[c-]cccc1.[O]=[W][OH]. The molecule has 5 heteroatoms. The summed E-state index contributed by atoms with van der Waals surface area (Å²) in [6.45, 7) is 0. The molecule has 1 rings (SSSR count). The summed E-state index contributed by atoms with van der Waals surface area (Å²) in [7, 11) is 0. The number of nitrogens with one attached hydrogen (secondary N) is 1. The number of para-hydroxylation sites is 1. The molecule has 0 saturated carbocycles. The van der Waals surface area contributed by atoms with Gasteiger partial charge >= 0.3 is 26.1 Å². The van der Waals surface area contributed by atoms with Crippen molar-refractivity contribution in [1.82, 2.24) is 0 Å². The van der Waals surface area contributed by atoms with E-state index in [0.717, 1.165) is 5.69 Å². The third-order valence-corrected chi connectivity index (χ3v) is 0.865. The Morgan fingerprint density at radius 3 is 2.55 bits per heavy atom. The van der Waals surface area contributed by atoms with Crippen LogP contribution in [0, 0.1) is 6.07 Å². The van der Waals surface area contributed by atoms with Crippen molar-refractivity contribution in [1.29, 1.82) is 0 Å². The zero-order valence-corrected chi connectivity index (χ0v) is 8.58. The van der Waals surface area contributed by atoms with E-state index in [4.69, 9.17) is 13.0 Å². The van der Waals surface area contributed by atoms with Gasteiger partial charge in [0.15, 0.2) is 0 Å². The van der Waals surface area contributed by atoms with E-state index in [0.29, 0.717) is 0 Å². The summed E-state index contributed by atoms with van der Waals surface area (Å²) >= 11 is -2.00. The second kappa shape index (κ2) is 7.53. The van der Waals surface area contributed by atoms with Gasteiger partial charge in [0, 0.05) is 0 Å². The monoisotopic (exact) mass is 324 g/mol. The fourth-order valence-electron chi connectivity index (χ4n) is 0.483. The minimum absolute atomic E-state index is 0.813. The summed E-state index contributed by atoms with van der Waals surface area (Å²) in [5, 5.41) is 0. The third-order valence-electron chi connectivity index (χ3n) is 0.865. The molecule has 0 spiro atoms. The van der Waals surface area contributed by atoms with Gasteiger partial charge in [-0.1, -0.05) is 5.69 Å². The predicted molar refractivity (Wildman–Crippen MR) is 36.0 cm³/mol. The Hall–Kier alpha value is -0.572. The molecule has 0 heterocycles. The normalized spacial score (nSPS) is 7.45. The summed E-state index contributed by atoms with van der Waals surface area (Å²) in [5.74, 6) is 5.07. The molecule has 0 radical (unpaired) electrons. The van der Waals surface area contributed by atoms with Crippen molar-refractivity contribution < 1.29 is 26.1 Å². The van der Waals surface area contributed by atoms with E-state index in [1.165, 1.54) is 0 Å². The Kier molecular flexibility index (Phi) is 7.14. The van der Waals surface area contributed by atoms with Crippen molar-refractivity contribution in [3.05, 3.63) is 30.3 Å². The predicted octanol–water partition coefficient (Wildman–Crippen LogP) is 0.0941. The van der Waals surface area contributed by atoms with Gasteiger partial charge in [-0.05, 0) is 0 Å². The summed E-state index contributed by atoms with van der Waals surface area (Å²) in [4.78, 5) is 0. The van der Waals surface area contributed by atoms with Crippen LogP contribution < -0.4 is 11.3 Å². The maximum absolute atomic E-state index is 8.65. The Labute approximate surface area is 73.7 Å². The molecular weight excluding hydrogens is 316 g/mol. The molecule has 0 atom stereocenters.